The van der Waals surface area contributed by atoms with Crippen LogP contribution >= 0.6 is 24.0 Å². The van der Waals surface area contributed by atoms with Crippen LogP contribution < -0.4 is 4.74 Å². The molecule has 0 saturated heterocycles. The van der Waals surface area contributed by atoms with Crippen molar-refractivity contribution >= 4 is 34.8 Å². The maximum absolute atomic E-state index is 5.91. The molecule has 0 atom stereocenters. The summed E-state index contributed by atoms with van der Waals surface area (Å²) in [4.78, 5) is 2.29. The molecule has 0 radical (unpaired) electrons. The lowest BCUT2D eigenvalue weighted by molar-refractivity contribution is 0.225. The van der Waals surface area contributed by atoms with Gasteiger partial charge in [0.1, 0.15) is 12.4 Å². The highest BCUT2D eigenvalue weighted by molar-refractivity contribution is 6.18. The van der Waals surface area contributed by atoms with Crippen molar-refractivity contribution in [3.05, 3.63) is 42.5 Å². The molecule has 0 aliphatic carbocycles. The standard InChI is InChI=1S/C16H20ClNO.ClH/c1-2-18(11-10-17)12-13-19-16-9-5-7-14-6-3-4-8-15(14)16;/h3-9H,2,10-13H2,1H3;1H. The smallest absolute Gasteiger partial charge is 0.127 e. The van der Waals surface area contributed by atoms with Gasteiger partial charge in [-0.1, -0.05) is 43.3 Å². The number of hydrogen-bond donors (Lipinski definition) is 0. The van der Waals surface area contributed by atoms with Gasteiger partial charge in [-0.2, -0.15) is 0 Å². The monoisotopic (exact) mass is 313 g/mol. The second kappa shape index (κ2) is 9.06. The summed E-state index contributed by atoms with van der Waals surface area (Å²) in [6, 6.07) is 14.5. The van der Waals surface area contributed by atoms with Gasteiger partial charge in [-0.3, -0.25) is 4.90 Å². The summed E-state index contributed by atoms with van der Waals surface area (Å²) in [6.07, 6.45) is 0. The molecule has 2 nitrogen and oxygen atoms in total. The lowest BCUT2D eigenvalue weighted by atomic mass is 10.1. The molecule has 2 aromatic carbocycles. The number of rotatable bonds is 7. The molecule has 0 heterocycles. The van der Waals surface area contributed by atoms with E-state index >= 15 is 0 Å². The van der Waals surface area contributed by atoms with Gasteiger partial charge in [0.15, 0.2) is 0 Å². The predicted octanol–water partition coefficient (Wildman–Crippen LogP) is 4.20. The van der Waals surface area contributed by atoms with E-state index in [1.807, 2.05) is 24.3 Å². The van der Waals surface area contributed by atoms with Crippen molar-refractivity contribution in [2.75, 3.05) is 32.1 Å². The van der Waals surface area contributed by atoms with Crippen molar-refractivity contribution < 1.29 is 4.74 Å². The number of nitrogens with zero attached hydrogens (tertiary/aromatic N) is 1. The molecule has 4 heteroatoms. The molecular formula is C16H21Cl2NO. The molecule has 0 bridgehead atoms. The lowest BCUT2D eigenvalue weighted by Crippen LogP contribution is -2.30. The first kappa shape index (κ1) is 17.1. The zero-order chi connectivity index (χ0) is 13.5. The topological polar surface area (TPSA) is 12.5 Å². The highest BCUT2D eigenvalue weighted by Crippen LogP contribution is 2.24. The molecule has 0 spiro atoms. The number of benzene rings is 2. The van der Waals surface area contributed by atoms with E-state index in [1.165, 1.54) is 10.8 Å². The Kier molecular flexibility index (Phi) is 7.75. The van der Waals surface area contributed by atoms with Crippen molar-refractivity contribution in [2.45, 2.75) is 6.92 Å². The van der Waals surface area contributed by atoms with Crippen molar-refractivity contribution in [3.8, 4) is 5.75 Å². The van der Waals surface area contributed by atoms with Gasteiger partial charge >= 0.3 is 0 Å². The molecule has 20 heavy (non-hydrogen) atoms. The van der Waals surface area contributed by atoms with Crippen molar-refractivity contribution in [2.24, 2.45) is 0 Å². The Labute approximate surface area is 132 Å². The van der Waals surface area contributed by atoms with Crippen LogP contribution in [0.4, 0.5) is 0 Å². The largest absolute Gasteiger partial charge is 0.492 e. The van der Waals surface area contributed by atoms with Crippen LogP contribution in [0.25, 0.3) is 10.8 Å². The zero-order valence-electron chi connectivity index (χ0n) is 11.7. The number of hydrogen-bond acceptors (Lipinski definition) is 2. The highest BCUT2D eigenvalue weighted by Gasteiger charge is 2.04. The molecule has 0 fully saturated rings. The van der Waals surface area contributed by atoms with E-state index in [0.29, 0.717) is 12.5 Å². The molecule has 0 saturated carbocycles. The Morgan fingerprint density at radius 1 is 1.05 bits per heavy atom. The average Bonchev–Trinajstić information content (AvgIpc) is 2.46. The van der Waals surface area contributed by atoms with Crippen LogP contribution in [0.2, 0.25) is 0 Å². The number of alkyl halides is 1. The quantitative estimate of drug-likeness (QED) is 0.710. The third-order valence-electron chi connectivity index (χ3n) is 3.26. The maximum Gasteiger partial charge on any atom is 0.127 e. The third-order valence-corrected chi connectivity index (χ3v) is 3.43. The van der Waals surface area contributed by atoms with Gasteiger partial charge in [-0.25, -0.2) is 0 Å². The fourth-order valence-electron chi connectivity index (χ4n) is 2.15. The van der Waals surface area contributed by atoms with Gasteiger partial charge in [0.2, 0.25) is 0 Å². The highest BCUT2D eigenvalue weighted by atomic mass is 35.5. The second-order valence-electron chi connectivity index (χ2n) is 4.45. The summed E-state index contributed by atoms with van der Waals surface area (Å²) in [5, 5.41) is 2.39. The summed E-state index contributed by atoms with van der Waals surface area (Å²) < 4.78 is 5.91. The minimum absolute atomic E-state index is 0. The molecular weight excluding hydrogens is 293 g/mol. The van der Waals surface area contributed by atoms with E-state index < -0.39 is 0 Å². The van der Waals surface area contributed by atoms with Gasteiger partial charge in [-0.15, -0.1) is 24.0 Å². The molecule has 0 amide bonds. The van der Waals surface area contributed by atoms with Gasteiger partial charge in [-0.05, 0) is 18.0 Å². The maximum atomic E-state index is 5.91. The average molecular weight is 314 g/mol. The normalized spacial score (nSPS) is 10.6. The Morgan fingerprint density at radius 2 is 1.80 bits per heavy atom. The van der Waals surface area contributed by atoms with Gasteiger partial charge in [0, 0.05) is 24.4 Å². The van der Waals surface area contributed by atoms with E-state index in [9.17, 15) is 0 Å². The first-order chi connectivity index (χ1) is 9.35. The van der Waals surface area contributed by atoms with E-state index in [4.69, 9.17) is 16.3 Å². The second-order valence-corrected chi connectivity index (χ2v) is 4.83. The van der Waals surface area contributed by atoms with Crippen LogP contribution in [0.15, 0.2) is 42.5 Å². The van der Waals surface area contributed by atoms with Crippen molar-refractivity contribution in [3.63, 3.8) is 0 Å². The Hall–Kier alpha value is -0.960. The van der Waals surface area contributed by atoms with Crippen LogP contribution in [0.1, 0.15) is 6.92 Å². The molecule has 0 N–H and O–H groups in total. The lowest BCUT2D eigenvalue weighted by Gasteiger charge is -2.19. The fraction of sp³-hybridized carbons (Fsp3) is 0.375. The van der Waals surface area contributed by atoms with Crippen LogP contribution in [0.5, 0.6) is 5.75 Å². The summed E-state index contributed by atoms with van der Waals surface area (Å²) in [5.41, 5.74) is 0. The van der Waals surface area contributed by atoms with Crippen LogP contribution in [0, 0.1) is 0 Å². The van der Waals surface area contributed by atoms with Gasteiger partial charge < -0.3 is 4.74 Å². The Morgan fingerprint density at radius 3 is 2.55 bits per heavy atom. The summed E-state index contributed by atoms with van der Waals surface area (Å²) in [7, 11) is 0. The van der Waals surface area contributed by atoms with Crippen molar-refractivity contribution in [1.29, 1.82) is 0 Å². The number of fused-ring (bicyclic) bond motifs is 1. The molecule has 110 valence electrons. The SMILES string of the molecule is CCN(CCCl)CCOc1cccc2ccccc12.Cl. The Balaban J connectivity index is 0.00000200. The number of ether oxygens (including phenoxy) is 1. The predicted molar refractivity (Wildman–Crippen MR) is 89.5 cm³/mol. The van der Waals surface area contributed by atoms with Crippen LogP contribution in [-0.4, -0.2) is 37.0 Å². The molecule has 0 aromatic heterocycles. The van der Waals surface area contributed by atoms with Gasteiger partial charge in [0.05, 0.1) is 0 Å². The minimum Gasteiger partial charge on any atom is -0.492 e. The van der Waals surface area contributed by atoms with Crippen LogP contribution in [-0.2, 0) is 0 Å². The summed E-state index contributed by atoms with van der Waals surface area (Å²) >= 11 is 5.77. The molecule has 0 aliphatic heterocycles. The Bertz CT molecular complexity index is 513. The van der Waals surface area contributed by atoms with E-state index in [2.05, 4.69) is 30.0 Å². The molecule has 2 rings (SSSR count). The third kappa shape index (κ3) is 4.55. The fourth-order valence-corrected chi connectivity index (χ4v) is 2.39. The van der Waals surface area contributed by atoms with E-state index in [-0.39, 0.29) is 12.4 Å². The number of halogens is 2. The van der Waals surface area contributed by atoms with Crippen LogP contribution in [0.3, 0.4) is 0 Å². The van der Waals surface area contributed by atoms with E-state index in [0.717, 1.165) is 25.4 Å². The van der Waals surface area contributed by atoms with Crippen molar-refractivity contribution in [1.82, 2.24) is 4.90 Å². The molecule has 2 aromatic rings. The molecule has 0 aliphatic rings. The first-order valence-electron chi connectivity index (χ1n) is 6.74. The summed E-state index contributed by atoms with van der Waals surface area (Å²) in [5.74, 6) is 1.63. The zero-order valence-corrected chi connectivity index (χ0v) is 13.3. The summed E-state index contributed by atoms with van der Waals surface area (Å²) in [6.45, 7) is 5.66. The number of likely N-dealkylation sites (N-methyl/N-ethyl adjacent to an activating group) is 1. The molecule has 0 unspecified atom stereocenters. The van der Waals surface area contributed by atoms with Gasteiger partial charge in [0.25, 0.3) is 0 Å². The minimum atomic E-state index is 0. The van der Waals surface area contributed by atoms with E-state index in [1.54, 1.807) is 0 Å². The first-order valence-corrected chi connectivity index (χ1v) is 7.27.